The molecule has 2 amide bonds. The number of urea groups is 1. The summed E-state index contributed by atoms with van der Waals surface area (Å²) in [7, 11) is 5.20. The van der Waals surface area contributed by atoms with Gasteiger partial charge >= 0.3 is 12.0 Å². The molecule has 1 aromatic heterocycles. The van der Waals surface area contributed by atoms with Crippen molar-refractivity contribution < 1.29 is 19.4 Å². The lowest BCUT2D eigenvalue weighted by Gasteiger charge is -2.21. The van der Waals surface area contributed by atoms with Crippen LogP contribution in [0.25, 0.3) is 10.9 Å². The van der Waals surface area contributed by atoms with Crippen molar-refractivity contribution in [3.63, 3.8) is 0 Å². The maximum atomic E-state index is 12.2. The van der Waals surface area contributed by atoms with Crippen LogP contribution in [0.1, 0.15) is 34.0 Å². The summed E-state index contributed by atoms with van der Waals surface area (Å²) in [6, 6.07) is 22.3. The molecule has 8 heteroatoms. The Morgan fingerprint density at radius 1 is 0.946 bits per heavy atom. The number of H-pyrrole nitrogens is 1. The van der Waals surface area contributed by atoms with Crippen LogP contribution in [0.3, 0.4) is 0 Å². The normalized spacial score (nSPS) is 11.4. The Hall–Kier alpha value is -4.59. The first-order valence-electron chi connectivity index (χ1n) is 12.0. The van der Waals surface area contributed by atoms with E-state index in [0.29, 0.717) is 34.6 Å². The molecule has 2 N–H and O–H groups in total. The minimum atomic E-state index is -0.421. The third kappa shape index (κ3) is 5.64. The highest BCUT2D eigenvalue weighted by Gasteiger charge is 2.20. The first-order valence-corrected chi connectivity index (χ1v) is 12.0. The van der Waals surface area contributed by atoms with E-state index >= 15 is 0 Å². The number of carbonyl (C=O) groups excluding carboxylic acids is 2. The number of nitrogens with one attached hydrogen (secondary N) is 1. The van der Waals surface area contributed by atoms with Crippen molar-refractivity contribution in [2.45, 2.75) is 13.5 Å². The molecule has 0 unspecified atom stereocenters. The SMILES string of the molecule is CCOC(=O)c1ccc2c(C(=Nc3ccc(CN(C)C(=O)N(C)C)cc3)c3ccccc3)c(O)[nH]c2c1. The zero-order chi connectivity index (χ0) is 26.5. The Balaban J connectivity index is 1.74. The molecular weight excluding hydrogens is 468 g/mol. The van der Waals surface area contributed by atoms with Gasteiger partial charge in [0.15, 0.2) is 5.88 Å². The van der Waals surface area contributed by atoms with Gasteiger partial charge in [-0.15, -0.1) is 0 Å². The first-order chi connectivity index (χ1) is 17.8. The number of aromatic hydroxyl groups is 1. The van der Waals surface area contributed by atoms with Gasteiger partial charge in [0.2, 0.25) is 0 Å². The third-order valence-corrected chi connectivity index (χ3v) is 5.88. The van der Waals surface area contributed by atoms with Crippen LogP contribution in [0.4, 0.5) is 10.5 Å². The number of nitrogens with zero attached hydrogens (tertiary/aromatic N) is 3. The number of carbonyl (C=O) groups is 2. The number of aromatic nitrogens is 1. The van der Waals surface area contributed by atoms with Crippen molar-refractivity contribution in [2.24, 2.45) is 4.99 Å². The minimum absolute atomic E-state index is 0.0425. The molecule has 0 saturated heterocycles. The van der Waals surface area contributed by atoms with Gasteiger partial charge < -0.3 is 24.6 Å². The maximum absolute atomic E-state index is 12.2. The molecule has 0 aliphatic rings. The molecule has 4 rings (SSSR count). The van der Waals surface area contributed by atoms with Crippen LogP contribution in [0.2, 0.25) is 0 Å². The van der Waals surface area contributed by atoms with E-state index in [4.69, 9.17) is 9.73 Å². The molecule has 0 saturated carbocycles. The van der Waals surface area contributed by atoms with Crippen molar-refractivity contribution in [3.05, 3.63) is 95.1 Å². The summed E-state index contributed by atoms with van der Waals surface area (Å²) >= 11 is 0. The number of hydrogen-bond acceptors (Lipinski definition) is 5. The average molecular weight is 499 g/mol. The molecular formula is C29H30N4O4. The fraction of sp³-hybridized carbons (Fsp3) is 0.207. The fourth-order valence-electron chi connectivity index (χ4n) is 4.11. The molecule has 0 radical (unpaired) electrons. The monoisotopic (exact) mass is 498 g/mol. The summed E-state index contributed by atoms with van der Waals surface area (Å²) in [5.41, 5.74) is 4.62. The Morgan fingerprint density at radius 3 is 2.30 bits per heavy atom. The van der Waals surface area contributed by atoms with E-state index in [2.05, 4.69) is 4.98 Å². The van der Waals surface area contributed by atoms with Crippen LogP contribution in [-0.4, -0.2) is 65.4 Å². The van der Waals surface area contributed by atoms with Gasteiger partial charge in [0.1, 0.15) is 0 Å². The van der Waals surface area contributed by atoms with Gasteiger partial charge in [0, 0.05) is 44.2 Å². The van der Waals surface area contributed by atoms with E-state index in [-0.39, 0.29) is 18.5 Å². The number of aliphatic imine (C=N–C) groups is 1. The molecule has 0 atom stereocenters. The van der Waals surface area contributed by atoms with Gasteiger partial charge in [-0.1, -0.05) is 48.5 Å². The molecule has 8 nitrogen and oxygen atoms in total. The smallest absolute Gasteiger partial charge is 0.338 e. The van der Waals surface area contributed by atoms with Crippen LogP contribution in [0.5, 0.6) is 5.88 Å². The zero-order valence-corrected chi connectivity index (χ0v) is 21.4. The van der Waals surface area contributed by atoms with E-state index in [1.54, 1.807) is 51.2 Å². The number of fused-ring (bicyclic) bond motifs is 1. The van der Waals surface area contributed by atoms with Crippen LogP contribution in [0.15, 0.2) is 77.8 Å². The van der Waals surface area contributed by atoms with E-state index in [1.165, 1.54) is 4.90 Å². The Labute approximate surface area is 215 Å². The standard InChI is InChI=1S/C29H30N4O4/c1-5-37-28(35)21-13-16-23-24(17-21)31-27(34)25(23)26(20-9-7-6-8-10-20)30-22-14-11-19(12-15-22)18-33(4)29(36)32(2)3/h6-17,31,34H,5,18H2,1-4H3. The molecule has 0 aliphatic heterocycles. The predicted molar refractivity (Wildman–Crippen MR) is 145 cm³/mol. The number of hydrogen-bond donors (Lipinski definition) is 2. The van der Waals surface area contributed by atoms with Crippen molar-refractivity contribution in [1.29, 1.82) is 0 Å². The van der Waals surface area contributed by atoms with Gasteiger partial charge in [0.05, 0.1) is 29.1 Å². The minimum Gasteiger partial charge on any atom is -0.494 e. The maximum Gasteiger partial charge on any atom is 0.338 e. The highest BCUT2D eigenvalue weighted by molar-refractivity contribution is 6.22. The molecule has 0 bridgehead atoms. The molecule has 0 fully saturated rings. The third-order valence-electron chi connectivity index (χ3n) is 5.88. The largest absolute Gasteiger partial charge is 0.494 e. The second-order valence-electron chi connectivity index (χ2n) is 8.86. The number of esters is 1. The van der Waals surface area contributed by atoms with Gasteiger partial charge in [-0.3, -0.25) is 0 Å². The molecule has 4 aromatic rings. The Kier molecular flexibility index (Phi) is 7.57. The summed E-state index contributed by atoms with van der Waals surface area (Å²) in [5.74, 6) is -0.464. The van der Waals surface area contributed by atoms with Gasteiger partial charge in [-0.05, 0) is 36.8 Å². The average Bonchev–Trinajstić information content (AvgIpc) is 3.22. The van der Waals surface area contributed by atoms with Crippen LogP contribution in [-0.2, 0) is 11.3 Å². The summed E-state index contributed by atoms with van der Waals surface area (Å²) in [5, 5.41) is 11.7. The van der Waals surface area contributed by atoms with E-state index in [9.17, 15) is 14.7 Å². The Bertz CT molecular complexity index is 1440. The van der Waals surface area contributed by atoms with Gasteiger partial charge in [0.25, 0.3) is 0 Å². The molecule has 0 aliphatic carbocycles. The number of ether oxygens (including phenoxy) is 1. The molecule has 3 aromatic carbocycles. The van der Waals surface area contributed by atoms with Crippen LogP contribution in [0, 0.1) is 0 Å². The second kappa shape index (κ2) is 11.0. The highest BCUT2D eigenvalue weighted by atomic mass is 16.5. The molecule has 1 heterocycles. The number of aromatic amines is 1. The summed E-state index contributed by atoms with van der Waals surface area (Å²) in [6.45, 7) is 2.51. The number of rotatable bonds is 7. The second-order valence-corrected chi connectivity index (χ2v) is 8.86. The molecule has 0 spiro atoms. The van der Waals surface area contributed by atoms with Crippen molar-refractivity contribution in [3.8, 4) is 5.88 Å². The van der Waals surface area contributed by atoms with Crippen LogP contribution >= 0.6 is 0 Å². The first kappa shape index (κ1) is 25.5. The van der Waals surface area contributed by atoms with E-state index in [0.717, 1.165) is 16.5 Å². The van der Waals surface area contributed by atoms with Gasteiger partial charge in [-0.25, -0.2) is 14.6 Å². The number of benzene rings is 3. The van der Waals surface area contributed by atoms with Crippen molar-refractivity contribution >= 4 is 34.3 Å². The summed E-state index contributed by atoms with van der Waals surface area (Å²) in [4.78, 5) is 35.4. The molecule has 37 heavy (non-hydrogen) atoms. The lowest BCUT2D eigenvalue weighted by atomic mass is 10.00. The van der Waals surface area contributed by atoms with Gasteiger partial charge in [-0.2, -0.15) is 0 Å². The van der Waals surface area contributed by atoms with E-state index in [1.807, 2.05) is 54.6 Å². The number of amides is 2. The molecule has 190 valence electrons. The fourth-order valence-corrected chi connectivity index (χ4v) is 4.11. The van der Waals surface area contributed by atoms with Crippen molar-refractivity contribution in [2.75, 3.05) is 27.7 Å². The highest BCUT2D eigenvalue weighted by Crippen LogP contribution is 2.32. The Morgan fingerprint density at radius 2 is 1.65 bits per heavy atom. The summed E-state index contributed by atoms with van der Waals surface area (Å²) in [6.07, 6.45) is 0. The lowest BCUT2D eigenvalue weighted by Crippen LogP contribution is -2.35. The topological polar surface area (TPSA) is 98.2 Å². The van der Waals surface area contributed by atoms with Crippen molar-refractivity contribution in [1.82, 2.24) is 14.8 Å². The van der Waals surface area contributed by atoms with Crippen LogP contribution < -0.4 is 0 Å². The van der Waals surface area contributed by atoms with E-state index < -0.39 is 5.97 Å². The zero-order valence-electron chi connectivity index (χ0n) is 21.4. The quantitative estimate of drug-likeness (QED) is 0.266. The summed E-state index contributed by atoms with van der Waals surface area (Å²) < 4.78 is 5.10. The predicted octanol–water partition coefficient (Wildman–Crippen LogP) is 5.33. The lowest BCUT2D eigenvalue weighted by molar-refractivity contribution is 0.0526.